The predicted molar refractivity (Wildman–Crippen MR) is 62.1 cm³/mol. The largest absolute Gasteiger partial charge is 0.369 e. The molecular formula is C9H11BrN4. The SMILES string of the molecule is NC(N)=NN=CCc1ccccc1Br. The summed E-state index contributed by atoms with van der Waals surface area (Å²) in [7, 11) is 0. The molecule has 0 aromatic heterocycles. The highest BCUT2D eigenvalue weighted by molar-refractivity contribution is 9.10. The summed E-state index contributed by atoms with van der Waals surface area (Å²) in [5.41, 5.74) is 11.4. The predicted octanol–water partition coefficient (Wildman–Crippen LogP) is 1.25. The van der Waals surface area contributed by atoms with E-state index < -0.39 is 0 Å². The lowest BCUT2D eigenvalue weighted by atomic mass is 10.2. The van der Waals surface area contributed by atoms with Gasteiger partial charge in [0, 0.05) is 17.1 Å². The van der Waals surface area contributed by atoms with Crippen LogP contribution in [-0.4, -0.2) is 12.2 Å². The van der Waals surface area contributed by atoms with Gasteiger partial charge in [-0.15, -0.1) is 5.10 Å². The molecule has 0 saturated carbocycles. The zero-order valence-electron chi connectivity index (χ0n) is 7.52. The van der Waals surface area contributed by atoms with E-state index in [1.807, 2.05) is 24.3 Å². The van der Waals surface area contributed by atoms with Gasteiger partial charge in [-0.1, -0.05) is 34.1 Å². The smallest absolute Gasteiger partial charge is 0.211 e. The standard InChI is InChI=1S/C9H11BrN4/c10-8-4-2-1-3-7(8)5-6-13-14-9(11)12/h1-4,6H,5H2,(H4,11,12,14). The van der Waals surface area contributed by atoms with Gasteiger partial charge in [0.2, 0.25) is 5.96 Å². The highest BCUT2D eigenvalue weighted by atomic mass is 79.9. The molecule has 0 atom stereocenters. The topological polar surface area (TPSA) is 76.8 Å². The van der Waals surface area contributed by atoms with E-state index in [1.54, 1.807) is 6.21 Å². The maximum Gasteiger partial charge on any atom is 0.211 e. The van der Waals surface area contributed by atoms with E-state index in [9.17, 15) is 0 Å². The minimum atomic E-state index is -0.0339. The van der Waals surface area contributed by atoms with E-state index in [-0.39, 0.29) is 5.96 Å². The lowest BCUT2D eigenvalue weighted by molar-refractivity contribution is 1.19. The minimum absolute atomic E-state index is 0.0339. The molecule has 4 N–H and O–H groups in total. The molecule has 0 saturated heterocycles. The molecule has 0 heterocycles. The van der Waals surface area contributed by atoms with Gasteiger partial charge in [0.15, 0.2) is 0 Å². The molecule has 74 valence electrons. The van der Waals surface area contributed by atoms with E-state index in [1.165, 1.54) is 0 Å². The zero-order chi connectivity index (χ0) is 10.4. The normalized spacial score (nSPS) is 10.4. The highest BCUT2D eigenvalue weighted by Crippen LogP contribution is 2.15. The number of hydrogen-bond donors (Lipinski definition) is 2. The monoisotopic (exact) mass is 254 g/mol. The van der Waals surface area contributed by atoms with E-state index >= 15 is 0 Å². The van der Waals surface area contributed by atoms with Crippen molar-refractivity contribution in [1.82, 2.24) is 0 Å². The van der Waals surface area contributed by atoms with Crippen molar-refractivity contribution >= 4 is 28.1 Å². The lowest BCUT2D eigenvalue weighted by Crippen LogP contribution is -2.21. The number of rotatable bonds is 3. The zero-order valence-corrected chi connectivity index (χ0v) is 9.11. The van der Waals surface area contributed by atoms with Gasteiger partial charge in [0.25, 0.3) is 0 Å². The number of guanidine groups is 1. The van der Waals surface area contributed by atoms with E-state index in [0.29, 0.717) is 6.42 Å². The molecule has 0 spiro atoms. The number of halogens is 1. The first-order valence-electron chi connectivity index (χ1n) is 4.04. The van der Waals surface area contributed by atoms with Gasteiger partial charge in [-0.3, -0.25) is 0 Å². The number of hydrogen-bond acceptors (Lipinski definition) is 2. The summed E-state index contributed by atoms with van der Waals surface area (Å²) in [4.78, 5) is 0. The first-order valence-corrected chi connectivity index (χ1v) is 4.83. The maximum absolute atomic E-state index is 5.11. The first-order chi connectivity index (χ1) is 6.70. The molecule has 1 aromatic carbocycles. The Kier molecular flexibility index (Phi) is 4.12. The summed E-state index contributed by atoms with van der Waals surface area (Å²) >= 11 is 3.43. The fourth-order valence-electron chi connectivity index (χ4n) is 0.911. The van der Waals surface area contributed by atoms with Crippen molar-refractivity contribution in [2.75, 3.05) is 0 Å². The second-order valence-corrected chi connectivity index (χ2v) is 3.47. The molecule has 0 aliphatic rings. The van der Waals surface area contributed by atoms with Crippen LogP contribution >= 0.6 is 15.9 Å². The Hall–Kier alpha value is -1.36. The molecule has 1 aromatic rings. The summed E-state index contributed by atoms with van der Waals surface area (Å²) in [6.07, 6.45) is 2.35. The molecule has 4 nitrogen and oxygen atoms in total. The second-order valence-electron chi connectivity index (χ2n) is 2.62. The summed E-state index contributed by atoms with van der Waals surface area (Å²) in [5, 5.41) is 7.20. The first kappa shape index (κ1) is 10.7. The number of nitrogens with zero attached hydrogens (tertiary/aromatic N) is 2. The van der Waals surface area contributed by atoms with Crippen LogP contribution in [0.3, 0.4) is 0 Å². The number of nitrogens with two attached hydrogens (primary N) is 2. The van der Waals surface area contributed by atoms with E-state index in [4.69, 9.17) is 11.5 Å². The van der Waals surface area contributed by atoms with Crippen molar-refractivity contribution in [3.05, 3.63) is 34.3 Å². The molecule has 14 heavy (non-hydrogen) atoms. The summed E-state index contributed by atoms with van der Waals surface area (Å²) in [6, 6.07) is 7.91. The maximum atomic E-state index is 5.11. The van der Waals surface area contributed by atoms with Gasteiger partial charge >= 0.3 is 0 Å². The van der Waals surface area contributed by atoms with Crippen molar-refractivity contribution in [2.45, 2.75) is 6.42 Å². The third-order valence-electron chi connectivity index (χ3n) is 1.52. The van der Waals surface area contributed by atoms with Gasteiger partial charge in [-0.25, -0.2) is 0 Å². The summed E-state index contributed by atoms with van der Waals surface area (Å²) < 4.78 is 1.05. The minimum Gasteiger partial charge on any atom is -0.369 e. The Balaban J connectivity index is 2.58. The van der Waals surface area contributed by atoms with Crippen LogP contribution in [0.1, 0.15) is 5.56 Å². The molecule has 0 fully saturated rings. The fourth-order valence-corrected chi connectivity index (χ4v) is 1.36. The van der Waals surface area contributed by atoms with Crippen molar-refractivity contribution in [3.63, 3.8) is 0 Å². The molecule has 5 heteroatoms. The summed E-state index contributed by atoms with van der Waals surface area (Å²) in [6.45, 7) is 0. The third kappa shape index (κ3) is 3.57. The third-order valence-corrected chi connectivity index (χ3v) is 2.30. The molecular weight excluding hydrogens is 244 g/mol. The van der Waals surface area contributed by atoms with Crippen LogP contribution in [0.15, 0.2) is 38.9 Å². The van der Waals surface area contributed by atoms with E-state index in [0.717, 1.165) is 10.0 Å². The van der Waals surface area contributed by atoms with Crippen LogP contribution in [0.5, 0.6) is 0 Å². The van der Waals surface area contributed by atoms with Crippen molar-refractivity contribution < 1.29 is 0 Å². The lowest BCUT2D eigenvalue weighted by Gasteiger charge is -1.97. The molecule has 0 amide bonds. The fraction of sp³-hybridized carbons (Fsp3) is 0.111. The second kappa shape index (κ2) is 5.39. The molecule has 0 aliphatic carbocycles. The van der Waals surface area contributed by atoms with Gasteiger partial charge < -0.3 is 11.5 Å². The van der Waals surface area contributed by atoms with Crippen molar-refractivity contribution in [2.24, 2.45) is 21.7 Å². The van der Waals surface area contributed by atoms with Crippen LogP contribution in [0.25, 0.3) is 0 Å². The van der Waals surface area contributed by atoms with Gasteiger partial charge in [-0.2, -0.15) is 5.10 Å². The van der Waals surface area contributed by atoms with E-state index in [2.05, 4.69) is 26.1 Å². The average molecular weight is 255 g/mol. The average Bonchev–Trinajstić information content (AvgIpc) is 2.15. The quantitative estimate of drug-likeness (QED) is 0.484. The van der Waals surface area contributed by atoms with Gasteiger partial charge in [0.05, 0.1) is 0 Å². The molecule has 1 rings (SSSR count). The Morgan fingerprint density at radius 3 is 2.71 bits per heavy atom. The van der Waals surface area contributed by atoms with Crippen LogP contribution in [0, 0.1) is 0 Å². The molecule has 0 unspecified atom stereocenters. The summed E-state index contributed by atoms with van der Waals surface area (Å²) in [5.74, 6) is -0.0339. The number of benzene rings is 1. The molecule has 0 aliphatic heterocycles. The van der Waals surface area contributed by atoms with Crippen LogP contribution in [0.4, 0.5) is 0 Å². The Bertz CT molecular complexity index is 356. The Labute approximate surface area is 90.8 Å². The van der Waals surface area contributed by atoms with Crippen molar-refractivity contribution in [3.8, 4) is 0 Å². The Morgan fingerprint density at radius 1 is 1.36 bits per heavy atom. The highest BCUT2D eigenvalue weighted by Gasteiger charge is 1.94. The molecule has 0 bridgehead atoms. The van der Waals surface area contributed by atoms with Gasteiger partial charge in [0.1, 0.15) is 0 Å². The van der Waals surface area contributed by atoms with Crippen LogP contribution in [0.2, 0.25) is 0 Å². The van der Waals surface area contributed by atoms with Crippen LogP contribution < -0.4 is 11.5 Å². The molecule has 0 radical (unpaired) electrons. The van der Waals surface area contributed by atoms with Gasteiger partial charge in [-0.05, 0) is 11.6 Å². The van der Waals surface area contributed by atoms with Crippen molar-refractivity contribution in [1.29, 1.82) is 0 Å². The van der Waals surface area contributed by atoms with Crippen LogP contribution in [-0.2, 0) is 6.42 Å². The Morgan fingerprint density at radius 2 is 2.07 bits per heavy atom.